The zero-order chi connectivity index (χ0) is 16.2. The predicted molar refractivity (Wildman–Crippen MR) is 92.5 cm³/mol. The minimum atomic E-state index is -0.228. The molecule has 0 aliphatic carbocycles. The van der Waals surface area contributed by atoms with Crippen molar-refractivity contribution in [3.8, 4) is 0 Å². The van der Waals surface area contributed by atoms with Gasteiger partial charge >= 0.3 is 0 Å². The van der Waals surface area contributed by atoms with Crippen LogP contribution in [0.4, 0.5) is 5.69 Å². The number of hydrogen-bond donors (Lipinski definition) is 2. The summed E-state index contributed by atoms with van der Waals surface area (Å²) in [5, 5.41) is 8.22. The number of amides is 2. The van der Waals surface area contributed by atoms with Crippen molar-refractivity contribution in [3.05, 3.63) is 51.2 Å². The number of thiophene rings is 1. The van der Waals surface area contributed by atoms with Gasteiger partial charge in [0.05, 0.1) is 15.6 Å². The molecule has 0 bridgehead atoms. The molecular formula is C16H16ClN3O2S. The number of benzene rings is 1. The summed E-state index contributed by atoms with van der Waals surface area (Å²) >= 11 is 7.50. The number of nitrogens with zero attached hydrogens (tertiary/aromatic N) is 1. The monoisotopic (exact) mass is 349 g/mol. The molecule has 1 aromatic carbocycles. The Bertz CT molecular complexity index is 712. The Hall–Kier alpha value is -1.89. The fourth-order valence-corrected chi connectivity index (χ4v) is 3.18. The zero-order valence-electron chi connectivity index (χ0n) is 12.3. The molecule has 1 saturated heterocycles. The fourth-order valence-electron chi connectivity index (χ4n) is 2.40. The molecule has 0 atom stereocenters. The van der Waals surface area contributed by atoms with Gasteiger partial charge in [-0.2, -0.15) is 0 Å². The highest BCUT2D eigenvalue weighted by atomic mass is 35.5. The highest BCUT2D eigenvalue weighted by Crippen LogP contribution is 2.25. The number of piperazine rings is 1. The minimum Gasteiger partial charge on any atom is -0.336 e. The Kier molecular flexibility index (Phi) is 4.95. The fraction of sp³-hybridized carbons (Fsp3) is 0.250. The standard InChI is InChI=1S/C16H16ClN3O2S/c17-12-4-3-11(16(22)20-7-5-18-6-8-20)10-13(12)19-15(21)14-2-1-9-23-14/h1-4,9-10,18H,5-8H2,(H,19,21). The third-order valence-corrected chi connectivity index (χ3v) is 4.81. The van der Waals surface area contributed by atoms with Crippen molar-refractivity contribution in [1.29, 1.82) is 0 Å². The second-order valence-electron chi connectivity index (χ2n) is 5.17. The van der Waals surface area contributed by atoms with Crippen LogP contribution in [0.25, 0.3) is 0 Å². The van der Waals surface area contributed by atoms with Crippen molar-refractivity contribution in [2.24, 2.45) is 0 Å². The van der Waals surface area contributed by atoms with Gasteiger partial charge in [0.15, 0.2) is 0 Å². The van der Waals surface area contributed by atoms with E-state index >= 15 is 0 Å². The summed E-state index contributed by atoms with van der Waals surface area (Å²) in [4.78, 5) is 27.1. The van der Waals surface area contributed by atoms with Crippen molar-refractivity contribution in [1.82, 2.24) is 10.2 Å². The van der Waals surface area contributed by atoms with Crippen molar-refractivity contribution < 1.29 is 9.59 Å². The van der Waals surface area contributed by atoms with Gasteiger partial charge in [0.25, 0.3) is 11.8 Å². The third kappa shape index (κ3) is 3.72. The summed E-state index contributed by atoms with van der Waals surface area (Å²) in [6.45, 7) is 2.94. The van der Waals surface area contributed by atoms with E-state index in [4.69, 9.17) is 11.6 Å². The van der Waals surface area contributed by atoms with E-state index in [0.29, 0.717) is 34.2 Å². The van der Waals surface area contributed by atoms with Crippen molar-refractivity contribution >= 4 is 40.4 Å². The summed E-state index contributed by atoms with van der Waals surface area (Å²) in [5.41, 5.74) is 0.976. The Morgan fingerprint density at radius 3 is 2.70 bits per heavy atom. The van der Waals surface area contributed by atoms with Crippen LogP contribution in [0.15, 0.2) is 35.7 Å². The van der Waals surface area contributed by atoms with E-state index in [1.54, 1.807) is 29.2 Å². The van der Waals surface area contributed by atoms with Crippen LogP contribution in [0.2, 0.25) is 5.02 Å². The minimum absolute atomic E-state index is 0.0465. The smallest absolute Gasteiger partial charge is 0.265 e. The van der Waals surface area contributed by atoms with E-state index in [-0.39, 0.29) is 11.8 Å². The van der Waals surface area contributed by atoms with Gasteiger partial charge in [-0.15, -0.1) is 11.3 Å². The maximum Gasteiger partial charge on any atom is 0.265 e. The van der Waals surface area contributed by atoms with E-state index in [1.165, 1.54) is 11.3 Å². The number of halogens is 1. The molecule has 0 spiro atoms. The lowest BCUT2D eigenvalue weighted by Crippen LogP contribution is -2.46. The molecule has 7 heteroatoms. The number of nitrogens with one attached hydrogen (secondary N) is 2. The van der Waals surface area contributed by atoms with Gasteiger partial charge in [-0.25, -0.2) is 0 Å². The van der Waals surface area contributed by atoms with E-state index in [0.717, 1.165) is 13.1 Å². The summed E-state index contributed by atoms with van der Waals surface area (Å²) in [5.74, 6) is -0.275. The highest BCUT2D eigenvalue weighted by molar-refractivity contribution is 7.12. The summed E-state index contributed by atoms with van der Waals surface area (Å²) in [6, 6.07) is 8.52. The molecule has 2 amide bonds. The molecule has 5 nitrogen and oxygen atoms in total. The zero-order valence-corrected chi connectivity index (χ0v) is 13.9. The molecule has 23 heavy (non-hydrogen) atoms. The number of hydrogen-bond acceptors (Lipinski definition) is 4. The molecule has 2 aromatic rings. The molecule has 2 N–H and O–H groups in total. The lowest BCUT2D eigenvalue weighted by atomic mass is 10.1. The third-order valence-electron chi connectivity index (χ3n) is 3.61. The molecule has 0 saturated carbocycles. The van der Waals surface area contributed by atoms with Gasteiger partial charge in [-0.05, 0) is 29.6 Å². The first-order valence-corrected chi connectivity index (χ1v) is 8.55. The highest BCUT2D eigenvalue weighted by Gasteiger charge is 2.19. The molecule has 120 valence electrons. The Labute approximate surface area is 143 Å². The predicted octanol–water partition coefficient (Wildman–Crippen LogP) is 2.70. The maximum absolute atomic E-state index is 12.5. The van der Waals surface area contributed by atoms with Crippen molar-refractivity contribution in [3.63, 3.8) is 0 Å². The molecule has 0 radical (unpaired) electrons. The normalized spacial score (nSPS) is 14.6. The lowest BCUT2D eigenvalue weighted by Gasteiger charge is -2.27. The van der Waals surface area contributed by atoms with Crippen molar-refractivity contribution in [2.75, 3.05) is 31.5 Å². The van der Waals surface area contributed by atoms with E-state index in [2.05, 4.69) is 10.6 Å². The second kappa shape index (κ2) is 7.12. The van der Waals surface area contributed by atoms with Gasteiger partial charge in [0.1, 0.15) is 0 Å². The first-order chi connectivity index (χ1) is 11.1. The second-order valence-corrected chi connectivity index (χ2v) is 6.52. The lowest BCUT2D eigenvalue weighted by molar-refractivity contribution is 0.0735. The molecule has 3 rings (SSSR count). The maximum atomic E-state index is 12.5. The van der Waals surface area contributed by atoms with Crippen LogP contribution in [0.3, 0.4) is 0 Å². The molecule has 1 aromatic heterocycles. The van der Waals surface area contributed by atoms with Crippen molar-refractivity contribution in [2.45, 2.75) is 0 Å². The molecule has 1 aliphatic rings. The number of carbonyl (C=O) groups is 2. The average Bonchev–Trinajstić information content (AvgIpc) is 3.11. The van der Waals surface area contributed by atoms with Crippen LogP contribution >= 0.6 is 22.9 Å². The summed E-state index contributed by atoms with van der Waals surface area (Å²) < 4.78 is 0. The van der Waals surface area contributed by atoms with E-state index in [1.807, 2.05) is 11.4 Å². The van der Waals surface area contributed by atoms with Gasteiger partial charge in [-0.1, -0.05) is 17.7 Å². The Morgan fingerprint density at radius 2 is 2.00 bits per heavy atom. The Balaban J connectivity index is 1.78. The van der Waals surface area contributed by atoms with Crippen LogP contribution in [0.1, 0.15) is 20.0 Å². The van der Waals surface area contributed by atoms with Gasteiger partial charge in [0, 0.05) is 31.7 Å². The molecule has 1 aliphatic heterocycles. The first-order valence-electron chi connectivity index (χ1n) is 7.29. The van der Waals surface area contributed by atoms with Crippen LogP contribution < -0.4 is 10.6 Å². The number of rotatable bonds is 3. The quantitative estimate of drug-likeness (QED) is 0.895. The Morgan fingerprint density at radius 1 is 1.22 bits per heavy atom. The van der Waals surface area contributed by atoms with Crippen LogP contribution in [-0.4, -0.2) is 42.9 Å². The van der Waals surface area contributed by atoms with Crippen LogP contribution in [-0.2, 0) is 0 Å². The molecular weight excluding hydrogens is 334 g/mol. The largest absolute Gasteiger partial charge is 0.336 e. The first kappa shape index (κ1) is 16.0. The van der Waals surface area contributed by atoms with Crippen LogP contribution in [0, 0.1) is 0 Å². The van der Waals surface area contributed by atoms with Gasteiger partial charge in [0.2, 0.25) is 0 Å². The van der Waals surface area contributed by atoms with E-state index < -0.39 is 0 Å². The molecule has 2 heterocycles. The SMILES string of the molecule is O=C(Nc1cc(C(=O)N2CCNCC2)ccc1Cl)c1cccs1. The van der Waals surface area contributed by atoms with E-state index in [9.17, 15) is 9.59 Å². The summed E-state index contributed by atoms with van der Waals surface area (Å²) in [6.07, 6.45) is 0. The summed E-state index contributed by atoms with van der Waals surface area (Å²) in [7, 11) is 0. The number of carbonyl (C=O) groups excluding carboxylic acids is 2. The molecule has 1 fully saturated rings. The molecule has 0 unspecified atom stereocenters. The number of anilines is 1. The topological polar surface area (TPSA) is 61.4 Å². The van der Waals surface area contributed by atoms with Gasteiger partial charge in [-0.3, -0.25) is 9.59 Å². The average molecular weight is 350 g/mol. The van der Waals surface area contributed by atoms with Gasteiger partial charge < -0.3 is 15.5 Å². The van der Waals surface area contributed by atoms with Crippen LogP contribution in [0.5, 0.6) is 0 Å².